The Hall–Kier alpha value is -0.580. The summed E-state index contributed by atoms with van der Waals surface area (Å²) in [5.74, 6) is 0.379. The van der Waals surface area contributed by atoms with E-state index in [4.69, 9.17) is 0 Å². The highest BCUT2D eigenvalue weighted by atomic mass is 79.9. The topological polar surface area (TPSA) is 26.7 Å². The third kappa shape index (κ3) is 5.38. The summed E-state index contributed by atoms with van der Waals surface area (Å²) in [7, 11) is 4.17. The summed E-state index contributed by atoms with van der Waals surface area (Å²) in [5.41, 5.74) is 0.983. The molecule has 1 aromatic rings. The predicted octanol–water partition coefficient (Wildman–Crippen LogP) is 2.93. The van der Waals surface area contributed by atoms with Gasteiger partial charge in [0.25, 0.3) is 0 Å². The van der Waals surface area contributed by atoms with E-state index < -0.39 is 0 Å². The Balaban J connectivity index is 2.66. The van der Waals surface area contributed by atoms with Gasteiger partial charge in [0.15, 0.2) is 0 Å². The van der Waals surface area contributed by atoms with Gasteiger partial charge in [-0.25, -0.2) is 0 Å². The molecular formula is C14H23BrN2O. The highest BCUT2D eigenvalue weighted by Crippen LogP contribution is 2.23. The number of hydrogen-bond donors (Lipinski definition) is 1. The highest BCUT2D eigenvalue weighted by Gasteiger charge is 2.09. The summed E-state index contributed by atoms with van der Waals surface area (Å²) in [6.07, 6.45) is 1.13. The molecule has 0 spiro atoms. The number of nitrogens with zero attached hydrogens (tertiary/aromatic N) is 2. The lowest BCUT2D eigenvalue weighted by molar-refractivity contribution is 0.231. The first-order valence-electron chi connectivity index (χ1n) is 6.37. The van der Waals surface area contributed by atoms with Crippen LogP contribution in [0.3, 0.4) is 0 Å². The van der Waals surface area contributed by atoms with Crippen LogP contribution in [0.1, 0.15) is 18.9 Å². The average molecular weight is 315 g/mol. The van der Waals surface area contributed by atoms with E-state index in [0.717, 1.165) is 42.6 Å². The first-order valence-corrected chi connectivity index (χ1v) is 7.16. The van der Waals surface area contributed by atoms with E-state index in [9.17, 15) is 5.11 Å². The molecule has 0 aliphatic rings. The lowest BCUT2D eigenvalue weighted by Gasteiger charge is -2.24. The van der Waals surface area contributed by atoms with Gasteiger partial charge >= 0.3 is 0 Å². The maximum absolute atomic E-state index is 9.87. The Kier molecular flexibility index (Phi) is 6.68. The first kappa shape index (κ1) is 15.5. The molecule has 0 aromatic heterocycles. The Morgan fingerprint density at radius 2 is 1.89 bits per heavy atom. The molecule has 0 unspecified atom stereocenters. The minimum absolute atomic E-state index is 0.379. The number of phenols is 1. The fourth-order valence-electron chi connectivity index (χ4n) is 1.85. The molecule has 4 heteroatoms. The molecule has 1 rings (SSSR count). The summed E-state index contributed by atoms with van der Waals surface area (Å²) in [6.45, 7) is 6.09. The molecule has 0 fully saturated rings. The average Bonchev–Trinajstić information content (AvgIpc) is 2.31. The molecule has 0 aliphatic carbocycles. The van der Waals surface area contributed by atoms with Gasteiger partial charge in [0.2, 0.25) is 0 Å². The Bertz CT molecular complexity index is 369. The largest absolute Gasteiger partial charge is 0.508 e. The zero-order chi connectivity index (χ0) is 13.5. The van der Waals surface area contributed by atoms with Gasteiger partial charge in [0, 0.05) is 29.7 Å². The van der Waals surface area contributed by atoms with Gasteiger partial charge in [0.05, 0.1) is 0 Å². The van der Waals surface area contributed by atoms with E-state index in [1.165, 1.54) is 0 Å². The normalized spacial score (nSPS) is 11.4. The summed E-state index contributed by atoms with van der Waals surface area (Å²) in [4.78, 5) is 4.56. The van der Waals surface area contributed by atoms with Crippen LogP contribution in [0.2, 0.25) is 0 Å². The van der Waals surface area contributed by atoms with E-state index in [2.05, 4.69) is 46.7 Å². The van der Waals surface area contributed by atoms with Gasteiger partial charge in [-0.05, 0) is 45.3 Å². The number of likely N-dealkylation sites (N-methyl/N-ethyl adjacent to an activating group) is 1. The van der Waals surface area contributed by atoms with Crippen LogP contribution in [-0.2, 0) is 6.54 Å². The van der Waals surface area contributed by atoms with Gasteiger partial charge in [-0.2, -0.15) is 0 Å². The number of hydrogen-bond acceptors (Lipinski definition) is 3. The summed E-state index contributed by atoms with van der Waals surface area (Å²) in [5, 5.41) is 9.87. The van der Waals surface area contributed by atoms with Crippen molar-refractivity contribution in [3.05, 3.63) is 28.2 Å². The van der Waals surface area contributed by atoms with Crippen molar-refractivity contribution in [2.45, 2.75) is 19.9 Å². The minimum atomic E-state index is 0.379. The lowest BCUT2D eigenvalue weighted by Crippen LogP contribution is -2.32. The van der Waals surface area contributed by atoms with Crippen LogP contribution >= 0.6 is 15.9 Å². The van der Waals surface area contributed by atoms with E-state index in [-0.39, 0.29) is 0 Å². The van der Waals surface area contributed by atoms with Gasteiger partial charge in [0.1, 0.15) is 5.75 Å². The molecule has 0 aliphatic heterocycles. The molecule has 102 valence electrons. The van der Waals surface area contributed by atoms with Crippen LogP contribution in [0.4, 0.5) is 0 Å². The molecule has 1 aromatic carbocycles. The molecule has 0 heterocycles. The zero-order valence-corrected chi connectivity index (χ0v) is 13.1. The smallest absolute Gasteiger partial charge is 0.120 e. The molecule has 0 atom stereocenters. The van der Waals surface area contributed by atoms with Crippen molar-refractivity contribution in [2.24, 2.45) is 0 Å². The Morgan fingerprint density at radius 1 is 1.17 bits per heavy atom. The van der Waals surface area contributed by atoms with Crippen molar-refractivity contribution in [3.8, 4) is 5.75 Å². The van der Waals surface area contributed by atoms with Crippen LogP contribution in [0.15, 0.2) is 22.7 Å². The molecule has 1 N–H and O–H groups in total. The zero-order valence-electron chi connectivity index (χ0n) is 11.5. The number of aromatic hydroxyl groups is 1. The quantitative estimate of drug-likeness (QED) is 0.838. The second kappa shape index (κ2) is 7.77. The van der Waals surface area contributed by atoms with Crippen LogP contribution in [0.25, 0.3) is 0 Å². The molecule has 0 saturated heterocycles. The number of benzene rings is 1. The standard InChI is InChI=1S/C14H23BrN2O/c1-4-7-17(9-8-16(2)3)11-12-10-13(15)5-6-14(12)18/h5-6,10,18H,4,7-9,11H2,1-3H3. The van der Waals surface area contributed by atoms with Crippen molar-refractivity contribution in [2.75, 3.05) is 33.7 Å². The lowest BCUT2D eigenvalue weighted by atomic mass is 10.2. The van der Waals surface area contributed by atoms with Crippen LogP contribution < -0.4 is 0 Å². The molecule has 18 heavy (non-hydrogen) atoms. The molecule has 0 radical (unpaired) electrons. The predicted molar refractivity (Wildman–Crippen MR) is 79.9 cm³/mol. The number of halogens is 1. The van der Waals surface area contributed by atoms with Crippen molar-refractivity contribution in [1.29, 1.82) is 0 Å². The fourth-order valence-corrected chi connectivity index (χ4v) is 2.26. The van der Waals surface area contributed by atoms with Crippen molar-refractivity contribution in [3.63, 3.8) is 0 Å². The third-order valence-corrected chi connectivity index (χ3v) is 3.33. The van der Waals surface area contributed by atoms with Crippen LogP contribution in [0, 0.1) is 0 Å². The molecular weight excluding hydrogens is 292 g/mol. The van der Waals surface area contributed by atoms with Crippen molar-refractivity contribution in [1.82, 2.24) is 9.80 Å². The molecule has 3 nitrogen and oxygen atoms in total. The fraction of sp³-hybridized carbons (Fsp3) is 0.571. The van der Waals surface area contributed by atoms with Gasteiger partial charge in [-0.1, -0.05) is 22.9 Å². The Labute approximate surface area is 119 Å². The van der Waals surface area contributed by atoms with Gasteiger partial charge in [-0.3, -0.25) is 4.90 Å². The maximum atomic E-state index is 9.87. The monoisotopic (exact) mass is 314 g/mol. The maximum Gasteiger partial charge on any atom is 0.120 e. The van der Waals surface area contributed by atoms with Crippen LogP contribution in [-0.4, -0.2) is 48.6 Å². The second-order valence-electron chi connectivity index (χ2n) is 4.85. The van der Waals surface area contributed by atoms with E-state index in [1.807, 2.05) is 12.1 Å². The molecule has 0 amide bonds. The van der Waals surface area contributed by atoms with Crippen molar-refractivity contribution >= 4 is 15.9 Å². The summed E-state index contributed by atoms with van der Waals surface area (Å²) < 4.78 is 1.01. The third-order valence-electron chi connectivity index (χ3n) is 2.84. The number of rotatable bonds is 7. The van der Waals surface area contributed by atoms with Gasteiger partial charge in [-0.15, -0.1) is 0 Å². The van der Waals surface area contributed by atoms with Crippen LogP contribution in [0.5, 0.6) is 5.75 Å². The summed E-state index contributed by atoms with van der Waals surface area (Å²) in [6, 6.07) is 5.60. The van der Waals surface area contributed by atoms with E-state index >= 15 is 0 Å². The minimum Gasteiger partial charge on any atom is -0.508 e. The van der Waals surface area contributed by atoms with E-state index in [1.54, 1.807) is 6.07 Å². The molecule has 0 saturated carbocycles. The second-order valence-corrected chi connectivity index (χ2v) is 5.77. The van der Waals surface area contributed by atoms with Crippen molar-refractivity contribution < 1.29 is 5.11 Å². The summed E-state index contributed by atoms with van der Waals surface area (Å²) >= 11 is 3.45. The highest BCUT2D eigenvalue weighted by molar-refractivity contribution is 9.10. The first-order chi connectivity index (χ1) is 8.52. The number of phenolic OH excluding ortho intramolecular Hbond substituents is 1. The van der Waals surface area contributed by atoms with E-state index in [0.29, 0.717) is 5.75 Å². The molecule has 0 bridgehead atoms. The SMILES string of the molecule is CCCN(CCN(C)C)Cc1cc(Br)ccc1O. The Morgan fingerprint density at radius 3 is 2.50 bits per heavy atom. The van der Waals surface area contributed by atoms with Gasteiger partial charge < -0.3 is 10.0 Å².